The summed E-state index contributed by atoms with van der Waals surface area (Å²) in [6, 6.07) is 8.23. The third-order valence-corrected chi connectivity index (χ3v) is 7.12. The first-order chi connectivity index (χ1) is 9.65. The van der Waals surface area contributed by atoms with Gasteiger partial charge in [-0.15, -0.1) is 11.3 Å². The Hall–Kier alpha value is -0.0200. The van der Waals surface area contributed by atoms with Gasteiger partial charge in [0.2, 0.25) is 0 Å². The van der Waals surface area contributed by atoms with Gasteiger partial charge in [-0.25, -0.2) is 0 Å². The van der Waals surface area contributed by atoms with Crippen molar-refractivity contribution in [2.45, 2.75) is 36.9 Å². The molecule has 2 aromatic rings. The van der Waals surface area contributed by atoms with Gasteiger partial charge in [0.25, 0.3) is 0 Å². The standard InChI is InChI=1S/C16H15BrCl2S/c17-16(11-6-7-12(18)13(19)8-11)15-9-10-4-2-1-3-5-14(10)20-15/h6-9,16H,1-5H2. The average Bonchev–Trinajstić information content (AvgIpc) is 2.72. The molecule has 1 aliphatic rings. The fraction of sp³-hybridized carbons (Fsp3) is 0.375. The number of benzene rings is 1. The largest absolute Gasteiger partial charge is 0.144 e. The van der Waals surface area contributed by atoms with Gasteiger partial charge in [-0.2, -0.15) is 0 Å². The first-order valence-corrected chi connectivity index (χ1v) is 9.34. The molecule has 0 aliphatic heterocycles. The van der Waals surface area contributed by atoms with Gasteiger partial charge in [-0.1, -0.05) is 51.6 Å². The van der Waals surface area contributed by atoms with Crippen LogP contribution >= 0.6 is 50.5 Å². The van der Waals surface area contributed by atoms with Crippen LogP contribution in [0.2, 0.25) is 10.0 Å². The second-order valence-corrected chi connectivity index (χ2v) is 8.09. The van der Waals surface area contributed by atoms with E-state index in [1.165, 1.54) is 37.0 Å². The lowest BCUT2D eigenvalue weighted by Gasteiger charge is -2.09. The number of hydrogen-bond acceptors (Lipinski definition) is 1. The second kappa shape index (κ2) is 6.39. The molecule has 1 aromatic heterocycles. The Kier molecular flexibility index (Phi) is 4.76. The van der Waals surface area contributed by atoms with E-state index in [2.05, 4.69) is 22.0 Å². The fourth-order valence-corrected chi connectivity index (χ4v) is 4.92. The van der Waals surface area contributed by atoms with Crippen LogP contribution in [0.1, 0.15) is 45.0 Å². The van der Waals surface area contributed by atoms with Gasteiger partial charge in [0.15, 0.2) is 0 Å². The number of alkyl halides is 1. The summed E-state index contributed by atoms with van der Waals surface area (Å²) in [6.45, 7) is 0. The average molecular weight is 390 g/mol. The zero-order chi connectivity index (χ0) is 14.1. The van der Waals surface area contributed by atoms with Crippen LogP contribution < -0.4 is 0 Å². The Morgan fingerprint density at radius 2 is 1.80 bits per heavy atom. The van der Waals surface area contributed by atoms with Crippen molar-refractivity contribution in [3.05, 3.63) is 55.2 Å². The first-order valence-electron chi connectivity index (χ1n) is 6.85. The SMILES string of the molecule is Clc1ccc(C(Br)c2cc3c(s2)CCCCC3)cc1Cl. The molecule has 106 valence electrons. The Morgan fingerprint density at radius 1 is 1.00 bits per heavy atom. The van der Waals surface area contributed by atoms with Crippen LogP contribution in [0, 0.1) is 0 Å². The van der Waals surface area contributed by atoms with E-state index in [1.54, 1.807) is 10.4 Å². The zero-order valence-electron chi connectivity index (χ0n) is 11.0. The molecule has 0 fully saturated rings. The zero-order valence-corrected chi connectivity index (χ0v) is 14.9. The highest BCUT2D eigenvalue weighted by Crippen LogP contribution is 2.40. The number of halogens is 3. The first kappa shape index (κ1) is 14.9. The van der Waals surface area contributed by atoms with Crippen molar-refractivity contribution in [2.75, 3.05) is 0 Å². The van der Waals surface area contributed by atoms with Crippen molar-refractivity contribution < 1.29 is 0 Å². The molecule has 1 atom stereocenters. The van der Waals surface area contributed by atoms with Gasteiger partial charge in [-0.05, 0) is 55.0 Å². The fourth-order valence-electron chi connectivity index (χ4n) is 2.65. The molecule has 0 bridgehead atoms. The summed E-state index contributed by atoms with van der Waals surface area (Å²) in [4.78, 5) is 3.14. The topological polar surface area (TPSA) is 0 Å². The summed E-state index contributed by atoms with van der Waals surface area (Å²) >= 11 is 17.9. The molecule has 1 aliphatic carbocycles. The molecule has 0 amide bonds. The highest BCUT2D eigenvalue weighted by atomic mass is 79.9. The summed E-state index contributed by atoms with van der Waals surface area (Å²) in [5, 5.41) is 1.23. The minimum Gasteiger partial charge on any atom is -0.144 e. The summed E-state index contributed by atoms with van der Waals surface area (Å²) in [5.41, 5.74) is 2.71. The van der Waals surface area contributed by atoms with E-state index < -0.39 is 0 Å². The van der Waals surface area contributed by atoms with Crippen LogP contribution in [-0.2, 0) is 12.8 Å². The van der Waals surface area contributed by atoms with Crippen LogP contribution in [0.5, 0.6) is 0 Å². The summed E-state index contributed by atoms with van der Waals surface area (Å²) in [5.74, 6) is 0. The van der Waals surface area contributed by atoms with Crippen LogP contribution in [0.15, 0.2) is 24.3 Å². The van der Waals surface area contributed by atoms with Gasteiger partial charge < -0.3 is 0 Å². The quantitative estimate of drug-likeness (QED) is 0.391. The number of rotatable bonds is 2. The van der Waals surface area contributed by atoms with Crippen LogP contribution in [0.3, 0.4) is 0 Å². The summed E-state index contributed by atoms with van der Waals surface area (Å²) < 4.78 is 0. The third kappa shape index (κ3) is 3.09. The maximum absolute atomic E-state index is 6.12. The Balaban J connectivity index is 1.90. The van der Waals surface area contributed by atoms with E-state index in [9.17, 15) is 0 Å². The molecule has 0 nitrogen and oxygen atoms in total. The van der Waals surface area contributed by atoms with Crippen molar-refractivity contribution in [3.8, 4) is 0 Å². The molecule has 1 heterocycles. The second-order valence-electron chi connectivity index (χ2n) is 5.19. The molecule has 0 saturated heterocycles. The number of aryl methyl sites for hydroxylation is 2. The molecule has 0 spiro atoms. The number of fused-ring (bicyclic) bond motifs is 1. The number of hydrogen-bond donors (Lipinski definition) is 0. The summed E-state index contributed by atoms with van der Waals surface area (Å²) in [6.07, 6.45) is 6.48. The molecule has 1 aromatic carbocycles. The van der Waals surface area contributed by atoms with E-state index in [1.807, 2.05) is 29.5 Å². The van der Waals surface area contributed by atoms with E-state index in [-0.39, 0.29) is 4.83 Å². The highest BCUT2D eigenvalue weighted by molar-refractivity contribution is 9.09. The smallest absolute Gasteiger partial charge is 0.0738 e. The molecule has 20 heavy (non-hydrogen) atoms. The Labute approximate surface area is 142 Å². The lowest BCUT2D eigenvalue weighted by Crippen LogP contribution is -1.90. The predicted octanol–water partition coefficient (Wildman–Crippen LogP) is 6.81. The maximum atomic E-state index is 6.12. The molecule has 0 saturated carbocycles. The van der Waals surface area contributed by atoms with Crippen LogP contribution in [0.4, 0.5) is 0 Å². The normalized spacial score (nSPS) is 16.6. The lowest BCUT2D eigenvalue weighted by atomic mass is 10.1. The molecule has 0 N–H and O–H groups in total. The van der Waals surface area contributed by atoms with Gasteiger partial charge in [0.05, 0.1) is 14.9 Å². The van der Waals surface area contributed by atoms with Gasteiger partial charge in [0.1, 0.15) is 0 Å². The molecule has 0 radical (unpaired) electrons. The molecule has 3 rings (SSSR count). The molecular formula is C16H15BrCl2S. The van der Waals surface area contributed by atoms with Crippen molar-refractivity contribution in [1.29, 1.82) is 0 Å². The predicted molar refractivity (Wildman–Crippen MR) is 92.8 cm³/mol. The van der Waals surface area contributed by atoms with Crippen molar-refractivity contribution in [3.63, 3.8) is 0 Å². The minimum absolute atomic E-state index is 0.203. The molecule has 4 heteroatoms. The van der Waals surface area contributed by atoms with Gasteiger partial charge in [-0.3, -0.25) is 0 Å². The molecule has 1 unspecified atom stereocenters. The monoisotopic (exact) mass is 388 g/mol. The van der Waals surface area contributed by atoms with Gasteiger partial charge >= 0.3 is 0 Å². The maximum Gasteiger partial charge on any atom is 0.0738 e. The van der Waals surface area contributed by atoms with Gasteiger partial charge in [0, 0.05) is 9.75 Å². The third-order valence-electron chi connectivity index (χ3n) is 3.75. The van der Waals surface area contributed by atoms with Crippen molar-refractivity contribution in [1.82, 2.24) is 0 Å². The lowest BCUT2D eigenvalue weighted by molar-refractivity contribution is 0.712. The van der Waals surface area contributed by atoms with Crippen LogP contribution in [0.25, 0.3) is 0 Å². The molecular weight excluding hydrogens is 375 g/mol. The number of thiophene rings is 1. The minimum atomic E-state index is 0.203. The summed E-state index contributed by atoms with van der Waals surface area (Å²) in [7, 11) is 0. The van der Waals surface area contributed by atoms with E-state index in [4.69, 9.17) is 23.2 Å². The van der Waals surface area contributed by atoms with E-state index in [0.717, 1.165) is 5.56 Å². The highest BCUT2D eigenvalue weighted by Gasteiger charge is 2.18. The van der Waals surface area contributed by atoms with E-state index in [0.29, 0.717) is 10.0 Å². The Bertz CT molecular complexity index is 597. The van der Waals surface area contributed by atoms with Crippen LogP contribution in [-0.4, -0.2) is 0 Å². The van der Waals surface area contributed by atoms with Crippen molar-refractivity contribution >= 4 is 50.5 Å². The Morgan fingerprint density at radius 3 is 2.60 bits per heavy atom. The van der Waals surface area contributed by atoms with E-state index >= 15 is 0 Å². The van der Waals surface area contributed by atoms with Crippen molar-refractivity contribution in [2.24, 2.45) is 0 Å².